The van der Waals surface area contributed by atoms with Gasteiger partial charge in [-0.3, -0.25) is 4.99 Å². The molecule has 0 atom stereocenters. The molecule has 2 N–H and O–H groups in total. The maximum atomic E-state index is 13.3. The highest BCUT2D eigenvalue weighted by Crippen LogP contribution is 2.31. The van der Waals surface area contributed by atoms with E-state index in [2.05, 4.69) is 31.4 Å². The Labute approximate surface area is 200 Å². The van der Waals surface area contributed by atoms with E-state index in [9.17, 15) is 8.42 Å². The van der Waals surface area contributed by atoms with Crippen LogP contribution in [0.1, 0.15) is 71.3 Å². The maximum Gasteiger partial charge on any atom is 0.243 e. The van der Waals surface area contributed by atoms with E-state index in [0.29, 0.717) is 24.0 Å². The van der Waals surface area contributed by atoms with Gasteiger partial charge in [0.25, 0.3) is 0 Å². The molecule has 0 radical (unpaired) electrons. The van der Waals surface area contributed by atoms with Gasteiger partial charge in [0.05, 0.1) is 17.0 Å². The average molecular weight is 483 g/mol. The molecule has 1 aromatic rings. The first-order valence-electron chi connectivity index (χ1n) is 11.9. The summed E-state index contributed by atoms with van der Waals surface area (Å²) in [5.41, 5.74) is 0.941. The summed E-state index contributed by atoms with van der Waals surface area (Å²) in [6.07, 6.45) is 7.82. The van der Waals surface area contributed by atoms with Crippen LogP contribution in [0.15, 0.2) is 34.2 Å². The van der Waals surface area contributed by atoms with Crippen molar-refractivity contribution >= 4 is 28.3 Å². The van der Waals surface area contributed by atoms with Crippen LogP contribution in [0.25, 0.3) is 0 Å². The maximum absolute atomic E-state index is 13.3. The molecule has 180 valence electrons. The minimum Gasteiger partial charge on any atom is -0.370 e. The van der Waals surface area contributed by atoms with Crippen molar-refractivity contribution in [2.24, 2.45) is 4.99 Å². The second-order valence-electron chi connectivity index (χ2n) is 10.4. The molecule has 3 aliphatic rings. The first kappa shape index (κ1) is 25.5. The molecule has 8 heteroatoms. The van der Waals surface area contributed by atoms with Gasteiger partial charge in [0, 0.05) is 25.7 Å². The number of amidine groups is 1. The molecule has 2 fully saturated rings. The van der Waals surface area contributed by atoms with E-state index in [-0.39, 0.29) is 23.4 Å². The number of aliphatic imine (C=N–C) groups is 1. The highest BCUT2D eigenvalue weighted by atomic mass is 35.5. The summed E-state index contributed by atoms with van der Waals surface area (Å²) in [5, 5.41) is 7.44. The average Bonchev–Trinajstić information content (AvgIpc) is 2.76. The van der Waals surface area contributed by atoms with Crippen molar-refractivity contribution < 1.29 is 8.42 Å². The Morgan fingerprint density at radius 3 is 2.28 bits per heavy atom. The van der Waals surface area contributed by atoms with Gasteiger partial charge in [0.2, 0.25) is 10.0 Å². The van der Waals surface area contributed by atoms with Gasteiger partial charge in [0.15, 0.2) is 0 Å². The van der Waals surface area contributed by atoms with Crippen LogP contribution in [0.5, 0.6) is 0 Å². The molecular formula is C24H39ClN4O2S. The number of piperidine rings is 1. The first-order valence-corrected chi connectivity index (χ1v) is 13.3. The fraction of sp³-hybridized carbons (Fsp3) is 0.708. The molecule has 0 bridgehead atoms. The predicted octanol–water partition coefficient (Wildman–Crippen LogP) is 3.85. The quantitative estimate of drug-likeness (QED) is 0.686. The van der Waals surface area contributed by atoms with Crippen molar-refractivity contribution in [2.75, 3.05) is 26.2 Å². The monoisotopic (exact) mass is 482 g/mol. The number of halogens is 1. The van der Waals surface area contributed by atoms with Crippen LogP contribution in [0.4, 0.5) is 0 Å². The van der Waals surface area contributed by atoms with E-state index in [0.717, 1.165) is 37.3 Å². The lowest BCUT2D eigenvalue weighted by Gasteiger charge is -2.45. The summed E-state index contributed by atoms with van der Waals surface area (Å²) in [5.74, 6) is 1.07. The number of hydrogen-bond donors (Lipinski definition) is 2. The van der Waals surface area contributed by atoms with Crippen LogP contribution in [-0.2, 0) is 15.4 Å². The van der Waals surface area contributed by atoms with Gasteiger partial charge in [-0.25, -0.2) is 8.42 Å². The minimum absolute atomic E-state index is 0. The highest BCUT2D eigenvalue weighted by molar-refractivity contribution is 7.89. The van der Waals surface area contributed by atoms with E-state index in [1.54, 1.807) is 16.4 Å². The smallest absolute Gasteiger partial charge is 0.243 e. The Bertz CT molecular complexity index is 895. The summed E-state index contributed by atoms with van der Waals surface area (Å²) in [6.45, 7) is 9.09. The molecule has 1 saturated heterocycles. The fourth-order valence-corrected chi connectivity index (χ4v) is 6.56. The summed E-state index contributed by atoms with van der Waals surface area (Å²) < 4.78 is 28.2. The van der Waals surface area contributed by atoms with Crippen LogP contribution in [-0.4, -0.2) is 56.3 Å². The predicted molar refractivity (Wildman–Crippen MR) is 133 cm³/mol. The van der Waals surface area contributed by atoms with Crippen molar-refractivity contribution in [2.45, 2.75) is 87.6 Å². The molecule has 2 aliphatic heterocycles. The van der Waals surface area contributed by atoms with Gasteiger partial charge in [-0.2, -0.15) is 4.31 Å². The van der Waals surface area contributed by atoms with Gasteiger partial charge >= 0.3 is 0 Å². The van der Waals surface area contributed by atoms with Crippen molar-refractivity contribution in [1.29, 1.82) is 0 Å². The lowest BCUT2D eigenvalue weighted by atomic mass is 9.84. The Balaban J connectivity index is 0.00000289. The molecule has 32 heavy (non-hydrogen) atoms. The zero-order chi connectivity index (χ0) is 22.1. The van der Waals surface area contributed by atoms with Gasteiger partial charge < -0.3 is 10.6 Å². The molecule has 0 aromatic heterocycles. The third-order valence-electron chi connectivity index (χ3n) is 7.18. The molecule has 1 saturated carbocycles. The van der Waals surface area contributed by atoms with Gasteiger partial charge in [-0.05, 0) is 48.8 Å². The summed E-state index contributed by atoms with van der Waals surface area (Å²) >= 11 is 0. The topological polar surface area (TPSA) is 73.8 Å². The van der Waals surface area contributed by atoms with Crippen LogP contribution in [0.2, 0.25) is 0 Å². The molecule has 4 rings (SSSR count). The van der Waals surface area contributed by atoms with Gasteiger partial charge in [0.1, 0.15) is 5.84 Å². The van der Waals surface area contributed by atoms with Crippen molar-refractivity contribution in [3.05, 3.63) is 29.8 Å². The molecule has 1 aromatic carbocycles. The van der Waals surface area contributed by atoms with Crippen LogP contribution in [0, 0.1) is 0 Å². The molecule has 0 amide bonds. The van der Waals surface area contributed by atoms with E-state index < -0.39 is 10.0 Å². The van der Waals surface area contributed by atoms with E-state index in [1.165, 1.54) is 32.1 Å². The van der Waals surface area contributed by atoms with Gasteiger partial charge in [-0.15, -0.1) is 12.4 Å². The van der Waals surface area contributed by atoms with Crippen LogP contribution < -0.4 is 10.6 Å². The van der Waals surface area contributed by atoms with E-state index in [4.69, 9.17) is 4.99 Å². The Morgan fingerprint density at radius 2 is 1.69 bits per heavy atom. The van der Waals surface area contributed by atoms with Crippen molar-refractivity contribution in [3.8, 4) is 0 Å². The van der Waals surface area contributed by atoms with Crippen molar-refractivity contribution in [3.63, 3.8) is 0 Å². The number of benzene rings is 1. The molecule has 1 spiro atoms. The summed E-state index contributed by atoms with van der Waals surface area (Å²) in [4.78, 5) is 5.24. The minimum atomic E-state index is -3.48. The molecule has 0 unspecified atom stereocenters. The Kier molecular flexibility index (Phi) is 7.96. The summed E-state index contributed by atoms with van der Waals surface area (Å²) in [6, 6.07) is 7.92. The third kappa shape index (κ3) is 5.32. The standard InChI is InChI=1S/C24H38N4O2S.ClH/c1-23(2,3)19-9-11-21(12-10-19)31(29,30)28-17-13-24(14-18-28)22(25-15-16-26-24)27-20-7-5-4-6-8-20;/h9-12,20,26H,4-8,13-18H2,1-3H3,(H,25,27);1H. The largest absolute Gasteiger partial charge is 0.370 e. The summed E-state index contributed by atoms with van der Waals surface area (Å²) in [7, 11) is -3.48. The van der Waals surface area contributed by atoms with Crippen LogP contribution in [0.3, 0.4) is 0 Å². The number of sulfonamides is 1. The fourth-order valence-electron chi connectivity index (χ4n) is 5.12. The lowest BCUT2D eigenvalue weighted by molar-refractivity contribution is 0.238. The van der Waals surface area contributed by atoms with E-state index in [1.807, 2.05) is 12.1 Å². The number of rotatable bonds is 3. The van der Waals surface area contributed by atoms with Crippen molar-refractivity contribution in [1.82, 2.24) is 14.9 Å². The first-order chi connectivity index (χ1) is 14.7. The zero-order valence-corrected chi connectivity index (χ0v) is 21.3. The lowest BCUT2D eigenvalue weighted by Crippen LogP contribution is -2.65. The second-order valence-corrected chi connectivity index (χ2v) is 12.3. The Hall–Kier alpha value is -1.15. The SMILES string of the molecule is CC(C)(C)c1ccc(S(=O)(=O)N2CCC3(CC2)NCCN=C3NC2CCCCC2)cc1.Cl. The van der Waals surface area contributed by atoms with Crippen LogP contribution >= 0.6 is 12.4 Å². The normalized spacial score (nSPS) is 22.8. The number of nitrogens with one attached hydrogen (secondary N) is 2. The Morgan fingerprint density at radius 1 is 1.06 bits per heavy atom. The molecule has 1 aliphatic carbocycles. The van der Waals surface area contributed by atoms with Gasteiger partial charge in [-0.1, -0.05) is 52.2 Å². The second kappa shape index (κ2) is 10.00. The molecular weight excluding hydrogens is 444 g/mol. The highest BCUT2D eigenvalue weighted by Gasteiger charge is 2.43. The third-order valence-corrected chi connectivity index (χ3v) is 9.09. The number of nitrogens with zero attached hydrogens (tertiary/aromatic N) is 2. The molecule has 6 nitrogen and oxygen atoms in total. The molecule has 2 heterocycles. The number of hydrogen-bond acceptors (Lipinski definition) is 5. The van der Waals surface area contributed by atoms with E-state index >= 15 is 0 Å². The zero-order valence-electron chi connectivity index (χ0n) is 19.7.